The molecule has 0 unspecified atom stereocenters. The number of rotatable bonds is 4. The molecule has 1 aromatic carbocycles. The molecule has 1 aromatic rings. The van der Waals surface area contributed by atoms with Crippen molar-refractivity contribution in [3.63, 3.8) is 0 Å². The number of carbonyl (C=O) groups excluding carboxylic acids is 1. The predicted octanol–water partition coefficient (Wildman–Crippen LogP) is 1.56. The number of methoxy groups -OCH3 is 1. The zero-order chi connectivity index (χ0) is 14.8. The largest absolute Gasteiger partial charge is 0.495 e. The number of amides is 1. The van der Waals surface area contributed by atoms with Crippen LogP contribution in [0.1, 0.15) is 38.1 Å². The number of hydrogen-bond acceptors (Lipinski definition) is 4. The van der Waals surface area contributed by atoms with E-state index in [4.69, 9.17) is 10.5 Å². The first kappa shape index (κ1) is 15.3. The van der Waals surface area contributed by atoms with Gasteiger partial charge < -0.3 is 20.9 Å². The second-order valence-electron chi connectivity index (χ2n) is 5.59. The van der Waals surface area contributed by atoms with Gasteiger partial charge in [-0.1, -0.05) is 0 Å². The van der Waals surface area contributed by atoms with Gasteiger partial charge >= 0.3 is 0 Å². The van der Waals surface area contributed by atoms with Gasteiger partial charge in [0, 0.05) is 5.56 Å². The Hall–Kier alpha value is -1.75. The van der Waals surface area contributed by atoms with Crippen molar-refractivity contribution in [3.8, 4) is 5.75 Å². The highest BCUT2D eigenvalue weighted by Gasteiger charge is 2.36. The standard InChI is InChI=1S/C14H22N2O3/c1-13(2,14(3,4)18)16-12(17)9-6-7-11(19-5)10(15)8-9/h6-8,18H,15H2,1-5H3,(H,16,17). The van der Waals surface area contributed by atoms with Crippen LogP contribution in [0.4, 0.5) is 5.69 Å². The molecule has 0 saturated heterocycles. The zero-order valence-electron chi connectivity index (χ0n) is 12.1. The first-order chi connectivity index (χ1) is 8.58. The maximum atomic E-state index is 12.1. The molecule has 0 fully saturated rings. The molecule has 0 heterocycles. The van der Waals surface area contributed by atoms with Crippen molar-refractivity contribution in [2.24, 2.45) is 0 Å². The maximum Gasteiger partial charge on any atom is 0.251 e. The lowest BCUT2D eigenvalue weighted by molar-refractivity contribution is -0.00292. The van der Waals surface area contributed by atoms with Gasteiger partial charge in [0.15, 0.2) is 0 Å². The quantitative estimate of drug-likeness (QED) is 0.722. The fourth-order valence-electron chi connectivity index (χ4n) is 1.38. The summed E-state index contributed by atoms with van der Waals surface area (Å²) in [7, 11) is 1.52. The lowest BCUT2D eigenvalue weighted by atomic mass is 9.85. The average Bonchev–Trinajstić information content (AvgIpc) is 2.26. The van der Waals surface area contributed by atoms with Crippen molar-refractivity contribution in [1.29, 1.82) is 0 Å². The molecule has 4 N–H and O–H groups in total. The van der Waals surface area contributed by atoms with Crippen LogP contribution in [0.15, 0.2) is 18.2 Å². The molecule has 0 radical (unpaired) electrons. The van der Waals surface area contributed by atoms with Crippen molar-refractivity contribution in [3.05, 3.63) is 23.8 Å². The van der Waals surface area contributed by atoms with Crippen LogP contribution in [0.2, 0.25) is 0 Å². The van der Waals surface area contributed by atoms with Gasteiger partial charge in [-0.3, -0.25) is 4.79 Å². The Morgan fingerprint density at radius 3 is 2.32 bits per heavy atom. The molecule has 0 atom stereocenters. The van der Waals surface area contributed by atoms with E-state index in [1.807, 2.05) is 0 Å². The number of carbonyl (C=O) groups is 1. The highest BCUT2D eigenvalue weighted by molar-refractivity contribution is 5.96. The monoisotopic (exact) mass is 266 g/mol. The van der Waals surface area contributed by atoms with Crippen molar-refractivity contribution >= 4 is 11.6 Å². The lowest BCUT2D eigenvalue weighted by Crippen LogP contribution is -2.57. The highest BCUT2D eigenvalue weighted by atomic mass is 16.5. The van der Waals surface area contributed by atoms with Gasteiger partial charge in [0.1, 0.15) is 5.75 Å². The Morgan fingerprint density at radius 1 is 1.32 bits per heavy atom. The van der Waals surface area contributed by atoms with Gasteiger partial charge in [-0.25, -0.2) is 0 Å². The van der Waals surface area contributed by atoms with Crippen LogP contribution >= 0.6 is 0 Å². The van der Waals surface area contributed by atoms with E-state index in [0.29, 0.717) is 17.0 Å². The SMILES string of the molecule is COc1ccc(C(=O)NC(C)(C)C(C)(C)O)cc1N. The molecule has 1 amide bonds. The van der Waals surface area contributed by atoms with Gasteiger partial charge in [-0.2, -0.15) is 0 Å². The first-order valence-electron chi connectivity index (χ1n) is 6.07. The Balaban J connectivity index is 2.94. The summed E-state index contributed by atoms with van der Waals surface area (Å²) >= 11 is 0. The summed E-state index contributed by atoms with van der Waals surface area (Å²) in [6.45, 7) is 6.82. The molecule has 0 aliphatic rings. The normalized spacial score (nSPS) is 12.1. The van der Waals surface area contributed by atoms with Crippen molar-refractivity contribution < 1.29 is 14.6 Å². The zero-order valence-corrected chi connectivity index (χ0v) is 12.1. The van der Waals surface area contributed by atoms with E-state index in [1.165, 1.54) is 7.11 Å². The lowest BCUT2D eigenvalue weighted by Gasteiger charge is -2.38. The predicted molar refractivity (Wildman–Crippen MR) is 75.2 cm³/mol. The van der Waals surface area contributed by atoms with Crippen LogP contribution in [0.25, 0.3) is 0 Å². The third-order valence-corrected chi connectivity index (χ3v) is 3.45. The van der Waals surface area contributed by atoms with Gasteiger partial charge in [-0.15, -0.1) is 0 Å². The van der Waals surface area contributed by atoms with Gasteiger partial charge in [0.25, 0.3) is 5.91 Å². The second kappa shape index (κ2) is 5.09. The minimum absolute atomic E-state index is 0.290. The third-order valence-electron chi connectivity index (χ3n) is 3.45. The van der Waals surface area contributed by atoms with Crippen LogP contribution < -0.4 is 15.8 Å². The summed E-state index contributed by atoms with van der Waals surface area (Å²) in [4.78, 5) is 12.1. The smallest absolute Gasteiger partial charge is 0.251 e. The molecular formula is C14H22N2O3. The Kier molecular flexibility index (Phi) is 4.10. The van der Waals surface area contributed by atoms with E-state index in [1.54, 1.807) is 45.9 Å². The molecule has 0 aliphatic heterocycles. The van der Waals surface area contributed by atoms with Crippen LogP contribution in [0, 0.1) is 0 Å². The molecule has 0 aliphatic carbocycles. The Labute approximate surface area is 113 Å². The average molecular weight is 266 g/mol. The molecule has 0 aromatic heterocycles. The Bertz CT molecular complexity index is 476. The van der Waals surface area contributed by atoms with E-state index in [9.17, 15) is 9.90 Å². The van der Waals surface area contributed by atoms with E-state index in [2.05, 4.69) is 5.32 Å². The van der Waals surface area contributed by atoms with E-state index >= 15 is 0 Å². The minimum atomic E-state index is -1.04. The van der Waals surface area contributed by atoms with Gasteiger partial charge in [0.05, 0.1) is 23.9 Å². The molecule has 0 spiro atoms. The number of benzene rings is 1. The van der Waals surface area contributed by atoms with Crippen molar-refractivity contribution in [2.45, 2.75) is 38.8 Å². The number of aliphatic hydroxyl groups is 1. The fourth-order valence-corrected chi connectivity index (χ4v) is 1.38. The van der Waals surface area contributed by atoms with Gasteiger partial charge in [-0.05, 0) is 45.9 Å². The molecule has 5 heteroatoms. The summed E-state index contributed by atoms with van der Waals surface area (Å²) in [5, 5.41) is 12.8. The summed E-state index contributed by atoms with van der Waals surface area (Å²) in [5.74, 6) is 0.236. The van der Waals surface area contributed by atoms with Crippen molar-refractivity contribution in [1.82, 2.24) is 5.32 Å². The maximum absolute atomic E-state index is 12.1. The number of ether oxygens (including phenoxy) is 1. The van der Waals surface area contributed by atoms with E-state index in [0.717, 1.165) is 0 Å². The summed E-state index contributed by atoms with van der Waals surface area (Å²) in [6, 6.07) is 4.82. The topological polar surface area (TPSA) is 84.6 Å². The summed E-state index contributed by atoms with van der Waals surface area (Å²) < 4.78 is 5.04. The molecular weight excluding hydrogens is 244 g/mol. The minimum Gasteiger partial charge on any atom is -0.495 e. The number of nitrogens with one attached hydrogen (secondary N) is 1. The molecule has 1 rings (SSSR count). The van der Waals surface area contributed by atoms with Crippen LogP contribution in [0.3, 0.4) is 0 Å². The third kappa shape index (κ3) is 3.38. The van der Waals surface area contributed by atoms with E-state index < -0.39 is 11.1 Å². The summed E-state index contributed by atoms with van der Waals surface area (Å²) in [6.07, 6.45) is 0. The number of nitrogens with two attached hydrogens (primary N) is 1. The molecule has 106 valence electrons. The summed E-state index contributed by atoms with van der Waals surface area (Å²) in [5.41, 5.74) is 4.78. The molecule has 0 bridgehead atoms. The fraction of sp³-hybridized carbons (Fsp3) is 0.500. The number of anilines is 1. The van der Waals surface area contributed by atoms with Crippen LogP contribution in [0.5, 0.6) is 5.75 Å². The highest BCUT2D eigenvalue weighted by Crippen LogP contribution is 2.24. The van der Waals surface area contributed by atoms with Crippen LogP contribution in [-0.4, -0.2) is 29.3 Å². The molecule has 0 saturated carbocycles. The first-order valence-corrected chi connectivity index (χ1v) is 6.07. The van der Waals surface area contributed by atoms with Gasteiger partial charge in [0.2, 0.25) is 0 Å². The molecule has 5 nitrogen and oxygen atoms in total. The second-order valence-corrected chi connectivity index (χ2v) is 5.59. The molecule has 19 heavy (non-hydrogen) atoms. The van der Waals surface area contributed by atoms with E-state index in [-0.39, 0.29) is 5.91 Å². The van der Waals surface area contributed by atoms with Crippen LogP contribution in [-0.2, 0) is 0 Å². The number of hydrogen-bond donors (Lipinski definition) is 3. The Morgan fingerprint density at radius 2 is 1.89 bits per heavy atom. The van der Waals surface area contributed by atoms with Crippen molar-refractivity contribution in [2.75, 3.05) is 12.8 Å². The number of nitrogen functional groups attached to an aromatic ring is 1.